The molecule has 3 atom stereocenters. The molecule has 0 unspecified atom stereocenters. The summed E-state index contributed by atoms with van der Waals surface area (Å²) in [6.45, 7) is 5.10. The van der Waals surface area contributed by atoms with E-state index in [4.69, 9.17) is 32.7 Å². The Hall–Kier alpha value is -0.930. The van der Waals surface area contributed by atoms with Gasteiger partial charge in [-0.3, -0.25) is 0 Å². The van der Waals surface area contributed by atoms with Gasteiger partial charge in [-0.25, -0.2) is 4.79 Å². The van der Waals surface area contributed by atoms with E-state index in [1.54, 1.807) is 18.2 Å². The molecule has 3 aliphatic rings. The minimum atomic E-state index is -0.359. The first-order chi connectivity index (χ1) is 11.4. The normalized spacial score (nSPS) is 27.2. The number of carbonyl (C=O) groups excluding carboxylic acids is 1. The lowest BCUT2D eigenvalue weighted by Crippen LogP contribution is -2.52. The van der Waals surface area contributed by atoms with Crippen LogP contribution in [0.2, 0.25) is 10.0 Å². The summed E-state index contributed by atoms with van der Waals surface area (Å²) in [6, 6.07) is 4.90. The average Bonchev–Trinajstić information content (AvgIpc) is 2.54. The zero-order chi connectivity index (χ0) is 17.3. The molecule has 5 heteroatoms. The van der Waals surface area contributed by atoms with E-state index in [1.807, 2.05) is 0 Å². The van der Waals surface area contributed by atoms with E-state index in [9.17, 15) is 4.79 Å². The molecule has 3 saturated carbocycles. The molecule has 24 heavy (non-hydrogen) atoms. The highest BCUT2D eigenvalue weighted by Crippen LogP contribution is 2.61. The standard InChI is InChI=1S/C19H24Cl2O3/c1-19(2)13-4-3-12(15(19)9-13)7-8-23-18(22)11-24-17-6-5-14(20)10-16(17)21/h5-6,10,12-13,15H,3-4,7-9,11H2,1-2H3/t12-,13-,15-/m0/s1. The maximum atomic E-state index is 11.8. The van der Waals surface area contributed by atoms with Gasteiger partial charge in [-0.2, -0.15) is 0 Å². The zero-order valence-electron chi connectivity index (χ0n) is 14.2. The van der Waals surface area contributed by atoms with Crippen LogP contribution in [0.25, 0.3) is 0 Å². The van der Waals surface area contributed by atoms with Crippen molar-refractivity contribution in [3.63, 3.8) is 0 Å². The van der Waals surface area contributed by atoms with Crippen LogP contribution < -0.4 is 4.74 Å². The fraction of sp³-hybridized carbons (Fsp3) is 0.632. The van der Waals surface area contributed by atoms with E-state index in [0.29, 0.717) is 33.7 Å². The molecule has 0 N–H and O–H groups in total. The van der Waals surface area contributed by atoms with Crippen LogP contribution in [0.4, 0.5) is 0 Å². The van der Waals surface area contributed by atoms with Crippen molar-refractivity contribution in [2.75, 3.05) is 13.2 Å². The lowest BCUT2D eigenvalue weighted by atomic mass is 9.45. The van der Waals surface area contributed by atoms with Gasteiger partial charge in [0.25, 0.3) is 0 Å². The molecule has 0 spiro atoms. The molecular weight excluding hydrogens is 347 g/mol. The van der Waals surface area contributed by atoms with Crippen LogP contribution in [0.5, 0.6) is 5.75 Å². The molecule has 132 valence electrons. The monoisotopic (exact) mass is 370 g/mol. The maximum absolute atomic E-state index is 11.8. The van der Waals surface area contributed by atoms with E-state index in [-0.39, 0.29) is 12.6 Å². The smallest absolute Gasteiger partial charge is 0.344 e. The van der Waals surface area contributed by atoms with E-state index in [0.717, 1.165) is 18.3 Å². The van der Waals surface area contributed by atoms with E-state index < -0.39 is 0 Å². The minimum Gasteiger partial charge on any atom is -0.480 e. The van der Waals surface area contributed by atoms with Crippen molar-refractivity contribution in [2.45, 2.75) is 39.5 Å². The highest BCUT2D eigenvalue weighted by atomic mass is 35.5. The van der Waals surface area contributed by atoms with Crippen molar-refractivity contribution < 1.29 is 14.3 Å². The van der Waals surface area contributed by atoms with Gasteiger partial charge in [0.1, 0.15) is 5.75 Å². The van der Waals surface area contributed by atoms with Crippen LogP contribution >= 0.6 is 23.2 Å². The Bertz CT molecular complexity index is 613. The summed E-state index contributed by atoms with van der Waals surface area (Å²) in [5.41, 5.74) is 0.474. The van der Waals surface area contributed by atoms with Crippen molar-refractivity contribution in [3.05, 3.63) is 28.2 Å². The predicted molar refractivity (Wildman–Crippen MR) is 95.6 cm³/mol. The number of esters is 1. The Balaban J connectivity index is 1.38. The second kappa shape index (κ2) is 7.13. The van der Waals surface area contributed by atoms with E-state index in [1.165, 1.54) is 19.3 Å². The summed E-state index contributed by atoms with van der Waals surface area (Å²) in [7, 11) is 0. The van der Waals surface area contributed by atoms with Gasteiger partial charge in [0.15, 0.2) is 6.61 Å². The lowest BCUT2D eigenvalue weighted by Gasteiger charge is -2.60. The van der Waals surface area contributed by atoms with Crippen LogP contribution in [0, 0.1) is 23.2 Å². The summed E-state index contributed by atoms with van der Waals surface area (Å²) >= 11 is 11.8. The third-order valence-electron chi connectivity index (χ3n) is 5.99. The summed E-state index contributed by atoms with van der Waals surface area (Å²) in [4.78, 5) is 11.8. The van der Waals surface area contributed by atoms with Gasteiger partial charge in [0.2, 0.25) is 0 Å². The van der Waals surface area contributed by atoms with Crippen molar-refractivity contribution >= 4 is 29.2 Å². The van der Waals surface area contributed by atoms with Crippen LogP contribution in [0.3, 0.4) is 0 Å². The van der Waals surface area contributed by atoms with Gasteiger partial charge < -0.3 is 9.47 Å². The van der Waals surface area contributed by atoms with Gasteiger partial charge in [-0.1, -0.05) is 37.0 Å². The number of hydrogen-bond acceptors (Lipinski definition) is 3. The first-order valence-electron chi connectivity index (χ1n) is 8.61. The highest BCUT2D eigenvalue weighted by Gasteiger charge is 2.53. The first-order valence-corrected chi connectivity index (χ1v) is 9.37. The molecule has 3 nitrogen and oxygen atoms in total. The molecule has 0 heterocycles. The van der Waals surface area contributed by atoms with Gasteiger partial charge in [-0.15, -0.1) is 0 Å². The van der Waals surface area contributed by atoms with Crippen molar-refractivity contribution in [2.24, 2.45) is 23.2 Å². The van der Waals surface area contributed by atoms with Gasteiger partial charge in [-0.05, 0) is 67.1 Å². The Morgan fingerprint density at radius 2 is 2.08 bits per heavy atom. The Morgan fingerprint density at radius 1 is 1.29 bits per heavy atom. The predicted octanol–water partition coefficient (Wildman–Crippen LogP) is 5.38. The number of fused-ring (bicyclic) bond motifs is 2. The second-order valence-corrected chi connectivity index (χ2v) is 8.41. The third-order valence-corrected chi connectivity index (χ3v) is 6.52. The summed E-state index contributed by atoms with van der Waals surface area (Å²) < 4.78 is 10.7. The highest BCUT2D eigenvalue weighted by molar-refractivity contribution is 6.35. The van der Waals surface area contributed by atoms with Gasteiger partial charge in [0.05, 0.1) is 11.6 Å². The number of ether oxygens (including phenoxy) is 2. The molecule has 0 amide bonds. The maximum Gasteiger partial charge on any atom is 0.344 e. The molecular formula is C19H24Cl2O3. The topological polar surface area (TPSA) is 35.5 Å². The molecule has 4 rings (SSSR count). The summed E-state index contributed by atoms with van der Waals surface area (Å²) in [5, 5.41) is 0.919. The second-order valence-electron chi connectivity index (χ2n) is 7.57. The number of benzene rings is 1. The quantitative estimate of drug-likeness (QED) is 0.630. The van der Waals surface area contributed by atoms with Crippen LogP contribution in [0.15, 0.2) is 18.2 Å². The average molecular weight is 371 g/mol. The molecule has 3 aliphatic carbocycles. The third kappa shape index (κ3) is 3.67. The molecule has 3 fully saturated rings. The number of rotatable bonds is 6. The van der Waals surface area contributed by atoms with Gasteiger partial charge in [0, 0.05) is 5.02 Å². The molecule has 0 saturated heterocycles. The summed E-state index contributed by atoms with van der Waals surface area (Å²) in [5.74, 6) is 2.46. The lowest BCUT2D eigenvalue weighted by molar-refractivity contribution is -0.148. The fourth-order valence-electron chi connectivity index (χ4n) is 4.40. The Labute approximate surface area is 153 Å². The van der Waals surface area contributed by atoms with E-state index >= 15 is 0 Å². The molecule has 0 aromatic heterocycles. The molecule has 0 aliphatic heterocycles. The SMILES string of the molecule is CC1(C)[C@H]2CC[C@@H](CCOC(=O)COc3ccc(Cl)cc3Cl)[C@@H]1C2. The van der Waals surface area contributed by atoms with Gasteiger partial charge >= 0.3 is 5.97 Å². The van der Waals surface area contributed by atoms with Crippen molar-refractivity contribution in [1.82, 2.24) is 0 Å². The largest absolute Gasteiger partial charge is 0.480 e. The molecule has 2 bridgehead atoms. The van der Waals surface area contributed by atoms with Crippen LogP contribution in [0.1, 0.15) is 39.5 Å². The number of hydrogen-bond donors (Lipinski definition) is 0. The molecule has 0 radical (unpaired) electrons. The van der Waals surface area contributed by atoms with Crippen LogP contribution in [-0.4, -0.2) is 19.2 Å². The van der Waals surface area contributed by atoms with Crippen molar-refractivity contribution in [3.8, 4) is 5.75 Å². The summed E-state index contributed by atoms with van der Waals surface area (Å²) in [6.07, 6.45) is 4.89. The Kier molecular flexibility index (Phi) is 5.31. The van der Waals surface area contributed by atoms with Crippen LogP contribution in [-0.2, 0) is 9.53 Å². The zero-order valence-corrected chi connectivity index (χ0v) is 15.7. The molecule has 1 aromatic carbocycles. The number of halogens is 2. The van der Waals surface area contributed by atoms with Crippen molar-refractivity contribution in [1.29, 1.82) is 0 Å². The number of carbonyl (C=O) groups is 1. The molecule has 1 aromatic rings. The minimum absolute atomic E-state index is 0.136. The first kappa shape index (κ1) is 17.9. The fourth-order valence-corrected chi connectivity index (χ4v) is 4.87. The van der Waals surface area contributed by atoms with E-state index in [2.05, 4.69) is 13.8 Å². The Morgan fingerprint density at radius 3 is 2.75 bits per heavy atom.